The summed E-state index contributed by atoms with van der Waals surface area (Å²) < 4.78 is 10.3. The monoisotopic (exact) mass is 226 g/mol. The number of ether oxygens (including phenoxy) is 2. The molecule has 1 amide bonds. The lowest BCUT2D eigenvalue weighted by Gasteiger charge is -2.32. The molecule has 0 atom stereocenters. The van der Waals surface area contributed by atoms with Gasteiger partial charge in [-0.1, -0.05) is 0 Å². The second kappa shape index (κ2) is 4.71. The zero-order valence-electron chi connectivity index (χ0n) is 10.0. The van der Waals surface area contributed by atoms with Crippen molar-refractivity contribution >= 4 is 6.09 Å². The molecule has 90 valence electrons. The lowest BCUT2D eigenvalue weighted by Crippen LogP contribution is -2.52. The first-order valence-corrected chi connectivity index (χ1v) is 5.37. The maximum Gasteiger partial charge on any atom is 0.408 e. The Hall–Kier alpha value is -1.28. The van der Waals surface area contributed by atoms with Gasteiger partial charge >= 0.3 is 6.09 Å². The highest BCUT2D eigenvalue weighted by molar-refractivity contribution is 5.69. The van der Waals surface area contributed by atoms with Crippen LogP contribution in [0.3, 0.4) is 0 Å². The average Bonchev–Trinajstić information content (AvgIpc) is 2.16. The van der Waals surface area contributed by atoms with Crippen LogP contribution >= 0.6 is 0 Å². The summed E-state index contributed by atoms with van der Waals surface area (Å²) in [5.74, 6) is 0. The Bertz CT molecular complexity index is 295. The van der Waals surface area contributed by atoms with Crippen LogP contribution in [0, 0.1) is 11.3 Å². The third-order valence-electron chi connectivity index (χ3n) is 2.30. The molecule has 1 N–H and O–H groups in total. The molecule has 0 spiro atoms. The van der Waals surface area contributed by atoms with E-state index in [4.69, 9.17) is 14.7 Å². The Morgan fingerprint density at radius 2 is 2.00 bits per heavy atom. The van der Waals surface area contributed by atoms with Crippen LogP contribution in [0.4, 0.5) is 4.79 Å². The van der Waals surface area contributed by atoms with E-state index in [-0.39, 0.29) is 0 Å². The molecule has 1 rings (SSSR count). The highest BCUT2D eigenvalue weighted by atomic mass is 16.6. The predicted octanol–water partition coefficient (Wildman–Crippen LogP) is 1.58. The molecule has 1 aliphatic heterocycles. The molecule has 0 radical (unpaired) electrons. The molecule has 1 heterocycles. The fraction of sp³-hybridized carbons (Fsp3) is 0.818. The molecular weight excluding hydrogens is 208 g/mol. The highest BCUT2D eigenvalue weighted by Crippen LogP contribution is 2.20. The standard InChI is InChI=1S/C11H18N2O3/c1-10(2,3)16-9(14)13-11(8-12)4-6-15-7-5-11/h4-7H2,1-3H3,(H,13,14). The Labute approximate surface area is 95.7 Å². The summed E-state index contributed by atoms with van der Waals surface area (Å²) >= 11 is 0. The van der Waals surface area contributed by atoms with E-state index in [1.54, 1.807) is 20.8 Å². The number of nitriles is 1. The molecule has 0 unspecified atom stereocenters. The molecule has 1 saturated heterocycles. The fourth-order valence-corrected chi connectivity index (χ4v) is 1.48. The summed E-state index contributed by atoms with van der Waals surface area (Å²) in [7, 11) is 0. The Morgan fingerprint density at radius 1 is 1.44 bits per heavy atom. The van der Waals surface area contributed by atoms with Gasteiger partial charge < -0.3 is 14.8 Å². The molecule has 0 aromatic rings. The lowest BCUT2D eigenvalue weighted by molar-refractivity contribution is 0.0295. The van der Waals surface area contributed by atoms with Crippen LogP contribution in [0.5, 0.6) is 0 Å². The lowest BCUT2D eigenvalue weighted by atomic mass is 9.92. The molecule has 1 fully saturated rings. The second-order valence-corrected chi connectivity index (χ2v) is 4.93. The zero-order valence-corrected chi connectivity index (χ0v) is 10.0. The summed E-state index contributed by atoms with van der Waals surface area (Å²) in [6.07, 6.45) is 0.460. The first-order chi connectivity index (χ1) is 7.37. The van der Waals surface area contributed by atoms with Gasteiger partial charge in [0.15, 0.2) is 0 Å². The number of rotatable bonds is 1. The molecule has 0 saturated carbocycles. The van der Waals surface area contributed by atoms with Crippen molar-refractivity contribution in [1.29, 1.82) is 5.26 Å². The minimum absolute atomic E-state index is 0.489. The molecule has 0 aromatic heterocycles. The maximum absolute atomic E-state index is 11.6. The smallest absolute Gasteiger partial charge is 0.408 e. The van der Waals surface area contributed by atoms with Gasteiger partial charge in [-0.05, 0) is 20.8 Å². The van der Waals surface area contributed by atoms with Crippen LogP contribution in [-0.2, 0) is 9.47 Å². The van der Waals surface area contributed by atoms with Crippen molar-refractivity contribution in [2.24, 2.45) is 0 Å². The molecule has 1 aliphatic rings. The molecule has 0 bridgehead atoms. The van der Waals surface area contributed by atoms with Gasteiger partial charge in [-0.25, -0.2) is 4.79 Å². The molecule has 0 aromatic carbocycles. The zero-order chi connectivity index (χ0) is 12.2. The number of nitrogens with one attached hydrogen (secondary N) is 1. The first-order valence-electron chi connectivity index (χ1n) is 5.37. The molecular formula is C11H18N2O3. The predicted molar refractivity (Wildman–Crippen MR) is 57.8 cm³/mol. The summed E-state index contributed by atoms with van der Waals surface area (Å²) in [6, 6.07) is 2.14. The van der Waals surface area contributed by atoms with E-state index in [1.165, 1.54) is 0 Å². The third-order valence-corrected chi connectivity index (χ3v) is 2.30. The van der Waals surface area contributed by atoms with E-state index in [0.29, 0.717) is 26.1 Å². The highest BCUT2D eigenvalue weighted by Gasteiger charge is 2.35. The van der Waals surface area contributed by atoms with Gasteiger partial charge in [0, 0.05) is 26.1 Å². The van der Waals surface area contributed by atoms with Crippen molar-refractivity contribution in [1.82, 2.24) is 5.32 Å². The van der Waals surface area contributed by atoms with Gasteiger partial charge in [0.05, 0.1) is 6.07 Å². The number of carbonyl (C=O) groups excluding carboxylic acids is 1. The van der Waals surface area contributed by atoms with Crippen LogP contribution in [0.2, 0.25) is 0 Å². The van der Waals surface area contributed by atoms with Crippen LogP contribution in [-0.4, -0.2) is 30.4 Å². The number of nitrogens with zero attached hydrogens (tertiary/aromatic N) is 1. The number of hydrogen-bond donors (Lipinski definition) is 1. The van der Waals surface area contributed by atoms with E-state index in [0.717, 1.165) is 0 Å². The molecule has 16 heavy (non-hydrogen) atoms. The van der Waals surface area contributed by atoms with Crippen molar-refractivity contribution in [2.45, 2.75) is 44.8 Å². The van der Waals surface area contributed by atoms with E-state index >= 15 is 0 Å². The maximum atomic E-state index is 11.6. The third kappa shape index (κ3) is 3.70. The Balaban J connectivity index is 2.57. The van der Waals surface area contributed by atoms with Gasteiger partial charge in [0.2, 0.25) is 0 Å². The Kier molecular flexibility index (Phi) is 3.76. The number of hydrogen-bond acceptors (Lipinski definition) is 4. The largest absolute Gasteiger partial charge is 0.444 e. The van der Waals surface area contributed by atoms with E-state index in [2.05, 4.69) is 11.4 Å². The van der Waals surface area contributed by atoms with E-state index in [9.17, 15) is 4.79 Å². The van der Waals surface area contributed by atoms with Gasteiger partial charge in [-0.2, -0.15) is 5.26 Å². The fourth-order valence-electron chi connectivity index (χ4n) is 1.48. The summed E-state index contributed by atoms with van der Waals surface area (Å²) in [4.78, 5) is 11.6. The number of alkyl carbamates (subject to hydrolysis) is 1. The molecule has 5 heteroatoms. The van der Waals surface area contributed by atoms with Crippen LogP contribution in [0.15, 0.2) is 0 Å². The van der Waals surface area contributed by atoms with Crippen molar-refractivity contribution < 1.29 is 14.3 Å². The normalized spacial score (nSPS) is 19.6. The van der Waals surface area contributed by atoms with Gasteiger partial charge in [-0.15, -0.1) is 0 Å². The van der Waals surface area contributed by atoms with Crippen molar-refractivity contribution in [3.8, 4) is 6.07 Å². The SMILES string of the molecule is CC(C)(C)OC(=O)NC1(C#N)CCOCC1. The van der Waals surface area contributed by atoms with Gasteiger partial charge in [-0.3, -0.25) is 0 Å². The van der Waals surface area contributed by atoms with Crippen LogP contribution in [0.25, 0.3) is 0 Å². The minimum Gasteiger partial charge on any atom is -0.444 e. The summed E-state index contributed by atoms with van der Waals surface area (Å²) in [5.41, 5.74) is -1.38. The average molecular weight is 226 g/mol. The van der Waals surface area contributed by atoms with E-state index in [1.807, 2.05) is 0 Å². The quantitative estimate of drug-likeness (QED) is 0.737. The van der Waals surface area contributed by atoms with Crippen molar-refractivity contribution in [3.05, 3.63) is 0 Å². The number of carbonyl (C=O) groups is 1. The topological polar surface area (TPSA) is 71.3 Å². The van der Waals surface area contributed by atoms with Gasteiger partial charge in [0.25, 0.3) is 0 Å². The van der Waals surface area contributed by atoms with Crippen LogP contribution < -0.4 is 5.32 Å². The second-order valence-electron chi connectivity index (χ2n) is 4.93. The minimum atomic E-state index is -0.833. The molecule has 5 nitrogen and oxygen atoms in total. The summed E-state index contributed by atoms with van der Waals surface area (Å²) in [5, 5.41) is 11.7. The first kappa shape index (κ1) is 12.8. The number of amides is 1. The van der Waals surface area contributed by atoms with E-state index < -0.39 is 17.2 Å². The Morgan fingerprint density at radius 3 is 2.44 bits per heavy atom. The van der Waals surface area contributed by atoms with Gasteiger partial charge in [0.1, 0.15) is 11.1 Å². The van der Waals surface area contributed by atoms with Crippen LogP contribution in [0.1, 0.15) is 33.6 Å². The summed E-state index contributed by atoms with van der Waals surface area (Å²) in [6.45, 7) is 6.34. The van der Waals surface area contributed by atoms with Crippen molar-refractivity contribution in [2.75, 3.05) is 13.2 Å². The molecule has 0 aliphatic carbocycles. The van der Waals surface area contributed by atoms with Crippen molar-refractivity contribution in [3.63, 3.8) is 0 Å².